The van der Waals surface area contributed by atoms with Gasteiger partial charge in [0.25, 0.3) is 5.91 Å². The molecule has 1 N–H and O–H groups in total. The quantitative estimate of drug-likeness (QED) is 0.656. The lowest BCUT2D eigenvalue weighted by Gasteiger charge is -2.10. The predicted molar refractivity (Wildman–Crippen MR) is 96.8 cm³/mol. The van der Waals surface area contributed by atoms with Gasteiger partial charge < -0.3 is 14.5 Å². The van der Waals surface area contributed by atoms with Crippen molar-refractivity contribution < 1.29 is 18.7 Å². The summed E-state index contributed by atoms with van der Waals surface area (Å²) in [6, 6.07) is 10.00. The summed E-state index contributed by atoms with van der Waals surface area (Å²) in [4.78, 5) is 28.8. The first-order valence-electron chi connectivity index (χ1n) is 7.63. The number of anilines is 1. The van der Waals surface area contributed by atoms with Gasteiger partial charge in [0.2, 0.25) is 0 Å². The summed E-state index contributed by atoms with van der Waals surface area (Å²) in [7, 11) is 0. The van der Waals surface area contributed by atoms with Crippen molar-refractivity contribution in [3.63, 3.8) is 0 Å². The Kier molecular flexibility index (Phi) is 4.85. The first-order chi connectivity index (χ1) is 12.0. The van der Waals surface area contributed by atoms with Crippen molar-refractivity contribution in [2.45, 2.75) is 13.8 Å². The van der Waals surface area contributed by atoms with E-state index in [1.54, 1.807) is 43.3 Å². The number of carbonyl (C=O) groups excluding carboxylic acids is 2. The Balaban J connectivity index is 2.01. The van der Waals surface area contributed by atoms with Gasteiger partial charge in [-0.2, -0.15) is 0 Å². The van der Waals surface area contributed by atoms with E-state index in [-0.39, 0.29) is 11.7 Å². The van der Waals surface area contributed by atoms with E-state index in [9.17, 15) is 9.59 Å². The molecule has 2 heterocycles. The third-order valence-corrected chi connectivity index (χ3v) is 3.92. The molecule has 0 aliphatic carbocycles. The first-order valence-corrected chi connectivity index (χ1v) is 8.42. The highest BCUT2D eigenvalue weighted by Gasteiger charge is 2.15. The van der Waals surface area contributed by atoms with Gasteiger partial charge in [0.15, 0.2) is 10.4 Å². The summed E-state index contributed by atoms with van der Waals surface area (Å²) < 4.78 is 10.8. The van der Waals surface area contributed by atoms with Crippen molar-refractivity contribution >= 4 is 44.4 Å². The normalized spacial score (nSPS) is 10.7. The number of amides is 1. The standard InChI is InChI=1S/C18H15BrN2O4/c1-3-24-18(23)11-4-5-13-12(9-11)14(8-10(2)20-13)21-17(22)15-6-7-16(19)25-15/h4-9H,3H2,1-2H3,(H,20,21,22). The van der Waals surface area contributed by atoms with Gasteiger partial charge in [-0.1, -0.05) is 0 Å². The van der Waals surface area contributed by atoms with Crippen molar-refractivity contribution in [3.05, 3.63) is 58.1 Å². The molecule has 0 saturated heterocycles. The number of furan rings is 1. The minimum atomic E-state index is -0.419. The van der Waals surface area contributed by atoms with E-state index in [1.165, 1.54) is 0 Å². The molecule has 0 saturated carbocycles. The largest absolute Gasteiger partial charge is 0.462 e. The van der Waals surface area contributed by atoms with Crippen LogP contribution < -0.4 is 5.32 Å². The average Bonchev–Trinajstić information content (AvgIpc) is 3.01. The van der Waals surface area contributed by atoms with E-state index < -0.39 is 5.97 Å². The number of esters is 1. The molecule has 3 aromatic rings. The van der Waals surface area contributed by atoms with Crippen LogP contribution in [-0.2, 0) is 4.74 Å². The molecule has 0 aliphatic heterocycles. The Hall–Kier alpha value is -2.67. The lowest BCUT2D eigenvalue weighted by molar-refractivity contribution is 0.0526. The fourth-order valence-electron chi connectivity index (χ4n) is 2.42. The van der Waals surface area contributed by atoms with Crippen LogP contribution >= 0.6 is 15.9 Å². The minimum Gasteiger partial charge on any atom is -0.462 e. The minimum absolute atomic E-state index is 0.177. The average molecular weight is 403 g/mol. The van der Waals surface area contributed by atoms with Crippen molar-refractivity contribution in [2.75, 3.05) is 11.9 Å². The van der Waals surface area contributed by atoms with Crippen LogP contribution in [0.3, 0.4) is 0 Å². The maximum Gasteiger partial charge on any atom is 0.338 e. The van der Waals surface area contributed by atoms with Gasteiger partial charge in [-0.15, -0.1) is 0 Å². The maximum absolute atomic E-state index is 12.4. The zero-order valence-electron chi connectivity index (χ0n) is 13.6. The van der Waals surface area contributed by atoms with Gasteiger partial charge in [-0.05, 0) is 66.2 Å². The SMILES string of the molecule is CCOC(=O)c1ccc2nc(C)cc(NC(=O)c3ccc(Br)o3)c2c1. The Morgan fingerprint density at radius 1 is 1.24 bits per heavy atom. The number of hydrogen-bond acceptors (Lipinski definition) is 5. The molecule has 0 atom stereocenters. The lowest BCUT2D eigenvalue weighted by atomic mass is 10.1. The number of hydrogen-bond donors (Lipinski definition) is 1. The first kappa shape index (κ1) is 17.2. The molecule has 2 aromatic heterocycles. The number of carbonyl (C=O) groups is 2. The second-order valence-corrected chi connectivity index (χ2v) is 6.10. The highest BCUT2D eigenvalue weighted by atomic mass is 79.9. The van der Waals surface area contributed by atoms with Crippen LogP contribution in [-0.4, -0.2) is 23.5 Å². The van der Waals surface area contributed by atoms with Crippen LogP contribution in [0.4, 0.5) is 5.69 Å². The fraction of sp³-hybridized carbons (Fsp3) is 0.167. The second kappa shape index (κ2) is 7.06. The van der Waals surface area contributed by atoms with Crippen LogP contribution in [0.5, 0.6) is 0 Å². The summed E-state index contributed by atoms with van der Waals surface area (Å²) in [5.41, 5.74) is 2.36. The molecular weight excluding hydrogens is 388 g/mol. The van der Waals surface area contributed by atoms with Crippen molar-refractivity contribution in [3.8, 4) is 0 Å². The van der Waals surface area contributed by atoms with E-state index in [1.807, 2.05) is 6.92 Å². The van der Waals surface area contributed by atoms with E-state index in [4.69, 9.17) is 9.15 Å². The molecule has 7 heteroatoms. The Labute approximate surface area is 152 Å². The molecule has 1 aromatic carbocycles. The third kappa shape index (κ3) is 3.71. The number of ether oxygens (including phenoxy) is 1. The molecule has 128 valence electrons. The van der Waals surface area contributed by atoms with Crippen LogP contribution in [0, 0.1) is 6.92 Å². The van der Waals surface area contributed by atoms with E-state index in [0.717, 1.165) is 5.69 Å². The molecule has 25 heavy (non-hydrogen) atoms. The zero-order valence-corrected chi connectivity index (χ0v) is 15.2. The van der Waals surface area contributed by atoms with Crippen LogP contribution in [0.25, 0.3) is 10.9 Å². The molecule has 0 bridgehead atoms. The highest BCUT2D eigenvalue weighted by Crippen LogP contribution is 2.26. The summed E-state index contributed by atoms with van der Waals surface area (Å²) >= 11 is 3.17. The molecule has 0 radical (unpaired) electrons. The molecule has 6 nitrogen and oxygen atoms in total. The van der Waals surface area contributed by atoms with E-state index in [2.05, 4.69) is 26.2 Å². The molecule has 0 spiro atoms. The Bertz CT molecular complexity index is 965. The smallest absolute Gasteiger partial charge is 0.338 e. The number of rotatable bonds is 4. The van der Waals surface area contributed by atoms with Crippen LogP contribution in [0.1, 0.15) is 33.5 Å². The lowest BCUT2D eigenvalue weighted by Crippen LogP contribution is -2.12. The summed E-state index contributed by atoms with van der Waals surface area (Å²) in [5, 5.41) is 3.46. The maximum atomic E-state index is 12.4. The van der Waals surface area contributed by atoms with Crippen molar-refractivity contribution in [1.29, 1.82) is 0 Å². The monoisotopic (exact) mass is 402 g/mol. The van der Waals surface area contributed by atoms with Crippen LogP contribution in [0.2, 0.25) is 0 Å². The van der Waals surface area contributed by atoms with Crippen LogP contribution in [0.15, 0.2) is 45.5 Å². The van der Waals surface area contributed by atoms with Crippen molar-refractivity contribution in [1.82, 2.24) is 4.98 Å². The molecule has 0 aliphatic rings. The fourth-order valence-corrected chi connectivity index (χ4v) is 2.73. The topological polar surface area (TPSA) is 81.4 Å². The molecule has 3 rings (SSSR count). The Morgan fingerprint density at radius 3 is 2.72 bits per heavy atom. The van der Waals surface area contributed by atoms with Gasteiger partial charge in [-0.25, -0.2) is 4.79 Å². The van der Waals surface area contributed by atoms with Gasteiger partial charge in [-0.3, -0.25) is 9.78 Å². The molecule has 0 fully saturated rings. The summed E-state index contributed by atoms with van der Waals surface area (Å²) in [5.74, 6) is -0.632. The number of benzene rings is 1. The summed E-state index contributed by atoms with van der Waals surface area (Å²) in [6.45, 7) is 3.87. The van der Waals surface area contributed by atoms with Gasteiger partial charge in [0.05, 0.1) is 23.4 Å². The zero-order chi connectivity index (χ0) is 18.0. The second-order valence-electron chi connectivity index (χ2n) is 5.32. The third-order valence-electron chi connectivity index (χ3n) is 3.49. The van der Waals surface area contributed by atoms with Gasteiger partial charge in [0, 0.05) is 11.1 Å². The van der Waals surface area contributed by atoms with Gasteiger partial charge >= 0.3 is 5.97 Å². The summed E-state index contributed by atoms with van der Waals surface area (Å²) in [6.07, 6.45) is 0. The number of pyridine rings is 1. The number of aromatic nitrogens is 1. The highest BCUT2D eigenvalue weighted by molar-refractivity contribution is 9.10. The molecule has 1 amide bonds. The van der Waals surface area contributed by atoms with E-state index >= 15 is 0 Å². The number of aryl methyl sites for hydroxylation is 1. The number of nitrogens with one attached hydrogen (secondary N) is 1. The predicted octanol–water partition coefficient (Wildman–Crippen LogP) is 4.33. The Morgan fingerprint density at radius 2 is 2.04 bits per heavy atom. The molecular formula is C18H15BrN2O4. The number of fused-ring (bicyclic) bond motifs is 1. The van der Waals surface area contributed by atoms with Gasteiger partial charge in [0.1, 0.15) is 0 Å². The molecule has 0 unspecified atom stereocenters. The number of nitrogens with zero attached hydrogens (tertiary/aromatic N) is 1. The van der Waals surface area contributed by atoms with Crippen molar-refractivity contribution in [2.24, 2.45) is 0 Å². The van der Waals surface area contributed by atoms with E-state index in [0.29, 0.717) is 33.4 Å². The number of halogens is 1.